The molecule has 1 heterocycles. The maximum atomic E-state index is 10.8. The van der Waals surface area contributed by atoms with E-state index < -0.39 is 5.97 Å². The first-order valence-corrected chi connectivity index (χ1v) is 6.42. The van der Waals surface area contributed by atoms with Gasteiger partial charge in [-0.2, -0.15) is 0 Å². The van der Waals surface area contributed by atoms with Crippen LogP contribution in [0.2, 0.25) is 0 Å². The molecule has 0 bridgehead atoms. The minimum absolute atomic E-state index is 0.0338. The van der Waals surface area contributed by atoms with Crippen LogP contribution in [0.5, 0.6) is 0 Å². The third kappa shape index (κ3) is 2.50. The van der Waals surface area contributed by atoms with Crippen molar-refractivity contribution in [3.63, 3.8) is 0 Å². The smallest absolute Gasteiger partial charge is 0.335 e. The average molecular weight is 260 g/mol. The normalized spacial score (nSPS) is 20.3. The van der Waals surface area contributed by atoms with Crippen molar-refractivity contribution < 1.29 is 14.6 Å². The van der Waals surface area contributed by atoms with Crippen molar-refractivity contribution in [1.82, 2.24) is 0 Å². The van der Waals surface area contributed by atoms with Gasteiger partial charge < -0.3 is 9.84 Å². The van der Waals surface area contributed by atoms with E-state index in [1.165, 1.54) is 0 Å². The van der Waals surface area contributed by atoms with Gasteiger partial charge in [0.15, 0.2) is 0 Å². The number of hydrogen-bond acceptors (Lipinski definition) is 2. The maximum absolute atomic E-state index is 10.8. The van der Waals surface area contributed by atoms with Crippen molar-refractivity contribution in [3.05, 3.63) is 41.5 Å². The molecule has 3 heteroatoms. The predicted molar refractivity (Wildman–Crippen MR) is 74.9 cm³/mol. The SMILES string of the molecule is CC1(C)C=C(c2ccc(C(=O)O)cc2)OCC1(C)C. The average Bonchev–Trinajstić information content (AvgIpc) is 2.33. The van der Waals surface area contributed by atoms with Crippen LogP contribution in [0.3, 0.4) is 0 Å². The van der Waals surface area contributed by atoms with E-state index in [2.05, 4.69) is 33.8 Å². The molecule has 0 unspecified atom stereocenters. The molecule has 3 nitrogen and oxygen atoms in total. The lowest BCUT2D eigenvalue weighted by Crippen LogP contribution is -2.38. The van der Waals surface area contributed by atoms with Crippen LogP contribution in [0.15, 0.2) is 30.3 Å². The van der Waals surface area contributed by atoms with Gasteiger partial charge in [-0.05, 0) is 23.6 Å². The Morgan fingerprint density at radius 1 is 1.16 bits per heavy atom. The van der Waals surface area contributed by atoms with Gasteiger partial charge in [-0.25, -0.2) is 4.79 Å². The molecular weight excluding hydrogens is 240 g/mol. The lowest BCUT2D eigenvalue weighted by atomic mass is 9.67. The van der Waals surface area contributed by atoms with E-state index in [1.54, 1.807) is 24.3 Å². The number of allylic oxidation sites excluding steroid dienone is 1. The van der Waals surface area contributed by atoms with E-state index in [1.807, 2.05) is 0 Å². The van der Waals surface area contributed by atoms with Crippen molar-refractivity contribution in [3.8, 4) is 0 Å². The number of hydrogen-bond donors (Lipinski definition) is 1. The van der Waals surface area contributed by atoms with Gasteiger partial charge in [-0.3, -0.25) is 0 Å². The zero-order valence-electron chi connectivity index (χ0n) is 11.9. The Morgan fingerprint density at radius 2 is 1.74 bits per heavy atom. The summed E-state index contributed by atoms with van der Waals surface area (Å²) in [7, 11) is 0. The van der Waals surface area contributed by atoms with Crippen molar-refractivity contribution in [2.24, 2.45) is 10.8 Å². The molecule has 0 saturated carbocycles. The van der Waals surface area contributed by atoms with Gasteiger partial charge in [0.1, 0.15) is 5.76 Å². The highest BCUT2D eigenvalue weighted by atomic mass is 16.5. The summed E-state index contributed by atoms with van der Waals surface area (Å²) in [5.74, 6) is -0.0761. The van der Waals surface area contributed by atoms with Crippen LogP contribution in [0.25, 0.3) is 5.76 Å². The summed E-state index contributed by atoms with van der Waals surface area (Å²) in [5.41, 5.74) is 1.33. The van der Waals surface area contributed by atoms with Crippen LogP contribution >= 0.6 is 0 Å². The molecule has 1 aromatic carbocycles. The molecule has 0 aliphatic carbocycles. The molecule has 0 amide bonds. The second-order valence-corrected chi connectivity index (χ2v) is 6.29. The molecule has 1 aliphatic heterocycles. The number of aromatic carboxylic acids is 1. The van der Waals surface area contributed by atoms with Gasteiger partial charge in [-0.1, -0.05) is 39.8 Å². The van der Waals surface area contributed by atoms with Crippen molar-refractivity contribution in [1.29, 1.82) is 0 Å². The Morgan fingerprint density at radius 3 is 2.21 bits per heavy atom. The summed E-state index contributed by atoms with van der Waals surface area (Å²) in [6.45, 7) is 9.43. The largest absolute Gasteiger partial charge is 0.493 e. The summed E-state index contributed by atoms with van der Waals surface area (Å²) in [4.78, 5) is 10.8. The molecule has 0 aromatic heterocycles. The Labute approximate surface area is 113 Å². The number of carboxylic acid groups (broad SMARTS) is 1. The molecule has 0 radical (unpaired) electrons. The van der Waals surface area contributed by atoms with Crippen LogP contribution < -0.4 is 0 Å². The second kappa shape index (κ2) is 4.41. The van der Waals surface area contributed by atoms with E-state index in [0.717, 1.165) is 11.3 Å². The summed E-state index contributed by atoms with van der Waals surface area (Å²) < 4.78 is 5.83. The van der Waals surface area contributed by atoms with Crippen LogP contribution in [0.4, 0.5) is 0 Å². The number of carboxylic acids is 1. The quantitative estimate of drug-likeness (QED) is 0.879. The zero-order chi connectivity index (χ0) is 14.3. The van der Waals surface area contributed by atoms with Gasteiger partial charge >= 0.3 is 5.97 Å². The third-order valence-corrected chi connectivity index (χ3v) is 4.24. The summed E-state index contributed by atoms with van der Waals surface area (Å²) in [6, 6.07) is 6.80. The second-order valence-electron chi connectivity index (χ2n) is 6.29. The van der Waals surface area contributed by atoms with E-state index in [9.17, 15) is 4.79 Å². The summed E-state index contributed by atoms with van der Waals surface area (Å²) >= 11 is 0. The minimum atomic E-state index is -0.911. The topological polar surface area (TPSA) is 46.5 Å². The molecule has 19 heavy (non-hydrogen) atoms. The lowest BCUT2D eigenvalue weighted by molar-refractivity contribution is 0.0467. The Kier molecular flexibility index (Phi) is 3.17. The first kappa shape index (κ1) is 13.7. The molecule has 102 valence electrons. The Hall–Kier alpha value is -1.77. The third-order valence-electron chi connectivity index (χ3n) is 4.24. The fraction of sp³-hybridized carbons (Fsp3) is 0.438. The van der Waals surface area contributed by atoms with Crippen LogP contribution in [-0.2, 0) is 4.74 Å². The number of rotatable bonds is 2. The molecule has 2 rings (SSSR count). The highest BCUT2D eigenvalue weighted by molar-refractivity contribution is 5.88. The van der Waals surface area contributed by atoms with Crippen molar-refractivity contribution in [2.75, 3.05) is 6.61 Å². The first-order chi connectivity index (χ1) is 8.73. The molecule has 0 spiro atoms. The molecule has 1 aliphatic rings. The van der Waals surface area contributed by atoms with Gasteiger partial charge in [0.25, 0.3) is 0 Å². The standard InChI is InChI=1S/C16H20O3/c1-15(2)9-13(19-10-16(15,3)4)11-5-7-12(8-6-11)14(17)18/h5-9H,10H2,1-4H3,(H,17,18). The summed E-state index contributed by atoms with van der Waals surface area (Å²) in [6.07, 6.45) is 2.13. The van der Waals surface area contributed by atoms with E-state index in [-0.39, 0.29) is 10.8 Å². The minimum Gasteiger partial charge on any atom is -0.493 e. The fourth-order valence-electron chi connectivity index (χ4n) is 1.95. The lowest BCUT2D eigenvalue weighted by Gasteiger charge is -2.43. The van der Waals surface area contributed by atoms with E-state index in [0.29, 0.717) is 12.2 Å². The number of benzene rings is 1. The van der Waals surface area contributed by atoms with E-state index >= 15 is 0 Å². The fourth-order valence-corrected chi connectivity index (χ4v) is 1.95. The summed E-state index contributed by atoms with van der Waals surface area (Å²) in [5, 5.41) is 8.89. The number of ether oxygens (including phenoxy) is 1. The maximum Gasteiger partial charge on any atom is 0.335 e. The van der Waals surface area contributed by atoms with Gasteiger partial charge in [-0.15, -0.1) is 0 Å². The van der Waals surface area contributed by atoms with Crippen LogP contribution in [0, 0.1) is 10.8 Å². The molecule has 1 aromatic rings. The molecule has 0 atom stereocenters. The van der Waals surface area contributed by atoms with Gasteiger partial charge in [0.05, 0.1) is 12.2 Å². The van der Waals surface area contributed by atoms with Crippen LogP contribution in [0.1, 0.15) is 43.6 Å². The van der Waals surface area contributed by atoms with Gasteiger partial charge in [0, 0.05) is 11.0 Å². The molecular formula is C16H20O3. The van der Waals surface area contributed by atoms with Crippen molar-refractivity contribution in [2.45, 2.75) is 27.7 Å². The number of carbonyl (C=O) groups is 1. The predicted octanol–water partition coefficient (Wildman–Crippen LogP) is 3.81. The molecule has 0 saturated heterocycles. The van der Waals surface area contributed by atoms with Crippen molar-refractivity contribution >= 4 is 11.7 Å². The Balaban J connectivity index is 2.33. The first-order valence-electron chi connectivity index (χ1n) is 6.42. The van der Waals surface area contributed by atoms with E-state index in [4.69, 9.17) is 9.84 Å². The molecule has 0 fully saturated rings. The zero-order valence-corrected chi connectivity index (χ0v) is 11.9. The Bertz CT molecular complexity index is 521. The van der Waals surface area contributed by atoms with Crippen LogP contribution in [-0.4, -0.2) is 17.7 Å². The highest BCUT2D eigenvalue weighted by Crippen LogP contribution is 2.45. The monoisotopic (exact) mass is 260 g/mol. The highest BCUT2D eigenvalue weighted by Gasteiger charge is 2.39. The van der Waals surface area contributed by atoms with Gasteiger partial charge in [0.2, 0.25) is 0 Å². The molecule has 1 N–H and O–H groups in total.